The van der Waals surface area contributed by atoms with E-state index in [1.165, 1.54) is 12.0 Å². The molecule has 2 aromatic rings. The number of amides is 1. The molecule has 0 fully saturated rings. The summed E-state index contributed by atoms with van der Waals surface area (Å²) in [7, 11) is 1.20. The smallest absolute Gasteiger partial charge is 0.397 e. The first-order valence-corrected chi connectivity index (χ1v) is 7.51. The molecule has 0 aliphatic carbocycles. The second-order valence-electron chi connectivity index (χ2n) is 4.84. The number of halogens is 1. The Morgan fingerprint density at radius 3 is 2.18 bits per heavy atom. The van der Waals surface area contributed by atoms with Crippen LogP contribution in [0.25, 0.3) is 0 Å². The minimum absolute atomic E-state index is 0.301. The number of benzene rings is 2. The van der Waals surface area contributed by atoms with Crippen molar-refractivity contribution in [3.8, 4) is 0 Å². The molecular formula is C17H16BrNO3. The van der Waals surface area contributed by atoms with Gasteiger partial charge in [-0.25, -0.2) is 4.79 Å². The number of hydrogen-bond acceptors (Lipinski definition) is 3. The lowest BCUT2D eigenvalue weighted by Crippen LogP contribution is -2.36. The molecule has 0 radical (unpaired) electrons. The van der Waals surface area contributed by atoms with Gasteiger partial charge in [-0.2, -0.15) is 0 Å². The zero-order chi connectivity index (χ0) is 16.1. The quantitative estimate of drug-likeness (QED) is 0.621. The third kappa shape index (κ3) is 3.95. The van der Waals surface area contributed by atoms with Gasteiger partial charge in [-0.15, -0.1) is 0 Å². The maximum absolute atomic E-state index is 12.3. The Morgan fingerprint density at radius 1 is 1.05 bits per heavy atom. The summed E-state index contributed by atoms with van der Waals surface area (Å²) in [5.74, 6) is -1.57. The largest absolute Gasteiger partial charge is 0.462 e. The summed E-state index contributed by atoms with van der Waals surface area (Å²) in [5.41, 5.74) is 2.71. The molecule has 0 spiro atoms. The van der Waals surface area contributed by atoms with E-state index in [0.717, 1.165) is 15.6 Å². The van der Waals surface area contributed by atoms with Gasteiger partial charge in [0.2, 0.25) is 0 Å². The Hall–Kier alpha value is -2.14. The van der Waals surface area contributed by atoms with E-state index < -0.39 is 11.9 Å². The first kappa shape index (κ1) is 16.2. The summed E-state index contributed by atoms with van der Waals surface area (Å²) in [6.45, 7) is 2.30. The topological polar surface area (TPSA) is 46.6 Å². The lowest BCUT2D eigenvalue weighted by atomic mass is 10.1. The van der Waals surface area contributed by atoms with Crippen LogP contribution in [0.1, 0.15) is 11.1 Å². The Balaban J connectivity index is 2.32. The van der Waals surface area contributed by atoms with Gasteiger partial charge in [0.15, 0.2) is 0 Å². The van der Waals surface area contributed by atoms with E-state index in [1.807, 2.05) is 43.3 Å². The molecule has 1 amide bonds. The average Bonchev–Trinajstić information content (AvgIpc) is 2.54. The van der Waals surface area contributed by atoms with E-state index in [0.29, 0.717) is 12.2 Å². The molecular weight excluding hydrogens is 346 g/mol. The highest BCUT2D eigenvalue weighted by molar-refractivity contribution is 9.10. The molecule has 0 atom stereocenters. The Kier molecular flexibility index (Phi) is 5.33. The molecule has 0 aliphatic heterocycles. The van der Waals surface area contributed by atoms with Crippen molar-refractivity contribution in [1.82, 2.24) is 0 Å². The van der Waals surface area contributed by atoms with Gasteiger partial charge in [-0.05, 0) is 36.8 Å². The van der Waals surface area contributed by atoms with Gasteiger partial charge in [-0.1, -0.05) is 45.8 Å². The SMILES string of the molecule is COC(=O)C(=O)N(Cc1ccc(C)cc1)c1ccc(Br)cc1. The molecule has 5 heteroatoms. The predicted octanol–water partition coefficient (Wildman–Crippen LogP) is 3.46. The molecule has 0 heterocycles. The fourth-order valence-electron chi connectivity index (χ4n) is 1.97. The number of carbonyl (C=O) groups is 2. The van der Waals surface area contributed by atoms with Crippen molar-refractivity contribution in [1.29, 1.82) is 0 Å². The van der Waals surface area contributed by atoms with E-state index in [9.17, 15) is 9.59 Å². The Bertz CT molecular complexity index is 665. The second kappa shape index (κ2) is 7.22. The van der Waals surface area contributed by atoms with Crippen molar-refractivity contribution < 1.29 is 14.3 Å². The zero-order valence-corrected chi connectivity index (χ0v) is 14.0. The summed E-state index contributed by atoms with van der Waals surface area (Å²) >= 11 is 3.35. The fraction of sp³-hybridized carbons (Fsp3) is 0.176. The van der Waals surface area contributed by atoms with E-state index in [1.54, 1.807) is 12.1 Å². The van der Waals surface area contributed by atoms with Crippen LogP contribution in [0, 0.1) is 6.92 Å². The molecule has 0 bridgehead atoms. The highest BCUT2D eigenvalue weighted by Gasteiger charge is 2.24. The maximum Gasteiger partial charge on any atom is 0.397 e. The molecule has 0 saturated carbocycles. The van der Waals surface area contributed by atoms with E-state index >= 15 is 0 Å². The van der Waals surface area contributed by atoms with Gasteiger partial charge in [0.25, 0.3) is 0 Å². The van der Waals surface area contributed by atoms with Crippen LogP contribution in [-0.2, 0) is 20.9 Å². The van der Waals surface area contributed by atoms with Gasteiger partial charge in [0, 0.05) is 10.2 Å². The average molecular weight is 362 g/mol. The minimum Gasteiger partial charge on any atom is -0.462 e. The summed E-state index contributed by atoms with van der Waals surface area (Å²) in [4.78, 5) is 25.3. The molecule has 0 saturated heterocycles. The molecule has 0 N–H and O–H groups in total. The molecule has 2 rings (SSSR count). The molecule has 0 aliphatic rings. The van der Waals surface area contributed by atoms with Crippen molar-refractivity contribution in [2.45, 2.75) is 13.5 Å². The number of nitrogens with zero attached hydrogens (tertiary/aromatic N) is 1. The number of methoxy groups -OCH3 is 1. The van der Waals surface area contributed by atoms with Gasteiger partial charge < -0.3 is 4.74 Å². The lowest BCUT2D eigenvalue weighted by Gasteiger charge is -2.22. The van der Waals surface area contributed by atoms with E-state index in [2.05, 4.69) is 20.7 Å². The maximum atomic E-state index is 12.3. The van der Waals surface area contributed by atoms with Crippen LogP contribution >= 0.6 is 15.9 Å². The number of esters is 1. The number of aryl methyl sites for hydroxylation is 1. The number of anilines is 1. The number of carbonyl (C=O) groups excluding carboxylic acids is 2. The van der Waals surface area contributed by atoms with Gasteiger partial charge in [-0.3, -0.25) is 9.69 Å². The van der Waals surface area contributed by atoms with Gasteiger partial charge >= 0.3 is 11.9 Å². The third-order valence-corrected chi connectivity index (χ3v) is 3.73. The van der Waals surface area contributed by atoms with Crippen LogP contribution < -0.4 is 4.90 Å². The fourth-order valence-corrected chi connectivity index (χ4v) is 2.24. The number of ether oxygens (including phenoxy) is 1. The van der Waals surface area contributed by atoms with Crippen LogP contribution in [0.3, 0.4) is 0 Å². The normalized spacial score (nSPS) is 10.1. The highest BCUT2D eigenvalue weighted by atomic mass is 79.9. The molecule has 2 aromatic carbocycles. The van der Waals surface area contributed by atoms with Crippen LogP contribution in [-0.4, -0.2) is 19.0 Å². The predicted molar refractivity (Wildman–Crippen MR) is 88.5 cm³/mol. The monoisotopic (exact) mass is 361 g/mol. The molecule has 22 heavy (non-hydrogen) atoms. The first-order valence-electron chi connectivity index (χ1n) is 6.72. The summed E-state index contributed by atoms with van der Waals surface area (Å²) in [6.07, 6.45) is 0. The summed E-state index contributed by atoms with van der Waals surface area (Å²) in [6, 6.07) is 15.0. The molecule has 114 valence electrons. The third-order valence-electron chi connectivity index (χ3n) is 3.20. The number of rotatable bonds is 3. The first-order chi connectivity index (χ1) is 10.5. The summed E-state index contributed by atoms with van der Waals surface area (Å²) < 4.78 is 5.46. The van der Waals surface area contributed by atoms with Crippen LogP contribution in [0.4, 0.5) is 5.69 Å². The summed E-state index contributed by atoms with van der Waals surface area (Å²) in [5, 5.41) is 0. The molecule has 4 nitrogen and oxygen atoms in total. The van der Waals surface area contributed by atoms with Gasteiger partial charge in [0.1, 0.15) is 0 Å². The van der Waals surface area contributed by atoms with Crippen LogP contribution in [0.5, 0.6) is 0 Å². The van der Waals surface area contributed by atoms with Crippen molar-refractivity contribution in [2.75, 3.05) is 12.0 Å². The van der Waals surface area contributed by atoms with Crippen molar-refractivity contribution >= 4 is 33.5 Å². The zero-order valence-electron chi connectivity index (χ0n) is 12.4. The van der Waals surface area contributed by atoms with E-state index in [4.69, 9.17) is 0 Å². The standard InChI is InChI=1S/C17H16BrNO3/c1-12-3-5-13(6-4-12)11-19(16(20)17(21)22-2)15-9-7-14(18)8-10-15/h3-10H,11H2,1-2H3. The van der Waals surface area contributed by atoms with Crippen molar-refractivity contribution in [2.24, 2.45) is 0 Å². The Labute approximate surface area is 137 Å². The van der Waals surface area contributed by atoms with Crippen LogP contribution in [0.15, 0.2) is 53.0 Å². The van der Waals surface area contributed by atoms with Crippen molar-refractivity contribution in [3.05, 3.63) is 64.1 Å². The molecule has 0 aromatic heterocycles. The van der Waals surface area contributed by atoms with Gasteiger partial charge in [0.05, 0.1) is 13.7 Å². The lowest BCUT2D eigenvalue weighted by molar-refractivity contribution is -0.151. The van der Waals surface area contributed by atoms with Crippen molar-refractivity contribution in [3.63, 3.8) is 0 Å². The number of hydrogen-bond donors (Lipinski definition) is 0. The second-order valence-corrected chi connectivity index (χ2v) is 5.76. The highest BCUT2D eigenvalue weighted by Crippen LogP contribution is 2.21. The van der Waals surface area contributed by atoms with Crippen LogP contribution in [0.2, 0.25) is 0 Å². The Morgan fingerprint density at radius 2 is 1.64 bits per heavy atom. The van der Waals surface area contributed by atoms with E-state index in [-0.39, 0.29) is 0 Å². The molecule has 0 unspecified atom stereocenters. The minimum atomic E-state index is -0.880.